The molecule has 23 heavy (non-hydrogen) atoms. The first-order valence-electron chi connectivity index (χ1n) is 8.73. The molecule has 0 unspecified atom stereocenters. The first-order chi connectivity index (χ1) is 11.2. The molecule has 0 spiro atoms. The van der Waals surface area contributed by atoms with Crippen LogP contribution in [0.25, 0.3) is 10.2 Å². The second-order valence-corrected chi connectivity index (χ2v) is 7.67. The highest BCUT2D eigenvalue weighted by atomic mass is 32.1. The molecule has 1 fully saturated rings. The molecule has 1 aromatic carbocycles. The molecule has 0 amide bonds. The number of nitrogens with one attached hydrogen (secondary N) is 1. The number of fused-ring (bicyclic) bond motifs is 1. The first-order valence-corrected chi connectivity index (χ1v) is 9.55. The van der Waals surface area contributed by atoms with Crippen LogP contribution in [0.4, 0.5) is 0 Å². The fraction of sp³-hybridized carbons (Fsp3) is 0.611. The lowest BCUT2D eigenvalue weighted by atomic mass is 10.1. The van der Waals surface area contributed by atoms with Crippen LogP contribution in [0.1, 0.15) is 31.2 Å². The predicted octanol–water partition coefficient (Wildman–Crippen LogP) is 2.94. The van der Waals surface area contributed by atoms with E-state index in [-0.39, 0.29) is 4.87 Å². The number of unbranched alkanes of at least 4 members (excludes halogenated alkanes) is 1. The highest BCUT2D eigenvalue weighted by Gasteiger charge is 2.11. The number of aromatic amines is 1. The molecule has 0 aliphatic carbocycles. The lowest BCUT2D eigenvalue weighted by Crippen LogP contribution is -2.32. The van der Waals surface area contributed by atoms with Crippen LogP contribution in [0.2, 0.25) is 0 Å². The zero-order chi connectivity index (χ0) is 16.1. The highest BCUT2D eigenvalue weighted by molar-refractivity contribution is 7.16. The van der Waals surface area contributed by atoms with Gasteiger partial charge >= 0.3 is 4.87 Å². The van der Waals surface area contributed by atoms with E-state index in [1.165, 1.54) is 75.3 Å². The van der Waals surface area contributed by atoms with Gasteiger partial charge in [-0.05, 0) is 76.5 Å². The fourth-order valence-corrected chi connectivity index (χ4v) is 4.09. The molecule has 1 aromatic heterocycles. The Kier molecular flexibility index (Phi) is 5.86. The van der Waals surface area contributed by atoms with Crippen molar-refractivity contribution in [2.45, 2.75) is 32.1 Å². The Bertz CT molecular complexity index is 672. The summed E-state index contributed by atoms with van der Waals surface area (Å²) >= 11 is 1.31. The molecule has 2 aromatic rings. The topological polar surface area (TPSA) is 39.3 Å². The maximum atomic E-state index is 11.3. The largest absolute Gasteiger partial charge is 0.312 e. The number of likely N-dealkylation sites (N-methyl/N-ethyl adjacent to an activating group) is 1. The van der Waals surface area contributed by atoms with Crippen molar-refractivity contribution in [3.8, 4) is 0 Å². The van der Waals surface area contributed by atoms with E-state index >= 15 is 0 Å². The van der Waals surface area contributed by atoms with Gasteiger partial charge in [0, 0.05) is 13.1 Å². The highest BCUT2D eigenvalue weighted by Crippen LogP contribution is 2.17. The van der Waals surface area contributed by atoms with Gasteiger partial charge in [-0.3, -0.25) is 4.79 Å². The van der Waals surface area contributed by atoms with Gasteiger partial charge < -0.3 is 14.8 Å². The summed E-state index contributed by atoms with van der Waals surface area (Å²) in [5.41, 5.74) is 2.30. The van der Waals surface area contributed by atoms with Crippen molar-refractivity contribution < 1.29 is 0 Å². The summed E-state index contributed by atoms with van der Waals surface area (Å²) in [4.78, 5) is 19.3. The van der Waals surface area contributed by atoms with Crippen molar-refractivity contribution in [1.29, 1.82) is 0 Å². The summed E-state index contributed by atoms with van der Waals surface area (Å²) in [6, 6.07) is 6.34. The van der Waals surface area contributed by atoms with Crippen LogP contribution >= 0.6 is 11.3 Å². The molecule has 0 atom stereocenters. The summed E-state index contributed by atoms with van der Waals surface area (Å²) in [6.07, 6.45) is 6.30. The molecule has 0 radical (unpaired) electrons. The Hall–Kier alpha value is -1.17. The second-order valence-electron chi connectivity index (χ2n) is 6.65. The Morgan fingerprint density at radius 1 is 1.22 bits per heavy atom. The lowest BCUT2D eigenvalue weighted by molar-refractivity contribution is 0.254. The van der Waals surface area contributed by atoms with Crippen molar-refractivity contribution >= 4 is 21.6 Å². The van der Waals surface area contributed by atoms with Crippen molar-refractivity contribution in [2.75, 3.05) is 39.8 Å². The number of hydrogen-bond donors (Lipinski definition) is 1. The summed E-state index contributed by atoms with van der Waals surface area (Å²) in [5.74, 6) is 0. The zero-order valence-corrected chi connectivity index (χ0v) is 14.8. The van der Waals surface area contributed by atoms with Gasteiger partial charge in [-0.15, -0.1) is 0 Å². The number of benzene rings is 1. The quantitative estimate of drug-likeness (QED) is 0.755. The molecule has 5 heteroatoms. The van der Waals surface area contributed by atoms with Crippen molar-refractivity contribution in [1.82, 2.24) is 14.8 Å². The summed E-state index contributed by atoms with van der Waals surface area (Å²) in [6.45, 7) is 6.17. The van der Waals surface area contributed by atoms with E-state index in [2.05, 4.69) is 34.0 Å². The molecule has 0 saturated carbocycles. The van der Waals surface area contributed by atoms with Crippen LogP contribution in [0, 0.1) is 0 Å². The summed E-state index contributed by atoms with van der Waals surface area (Å²) < 4.78 is 1.08. The van der Waals surface area contributed by atoms with Crippen molar-refractivity contribution in [3.05, 3.63) is 33.4 Å². The molecule has 2 heterocycles. The SMILES string of the molecule is CN(CCCCc1ccc2[nH]c(=O)sc2c1)CCN1CCCC1. The minimum atomic E-state index is 0.0387. The second kappa shape index (κ2) is 8.08. The maximum Gasteiger partial charge on any atom is 0.305 e. The molecule has 1 aliphatic rings. The average Bonchev–Trinajstić information content (AvgIpc) is 3.17. The number of thiazole rings is 1. The molecular formula is C18H27N3OS. The van der Waals surface area contributed by atoms with Crippen LogP contribution in [-0.2, 0) is 6.42 Å². The van der Waals surface area contributed by atoms with Crippen LogP contribution in [0.5, 0.6) is 0 Å². The number of nitrogens with zero attached hydrogens (tertiary/aromatic N) is 2. The van der Waals surface area contributed by atoms with Gasteiger partial charge in [-0.25, -0.2) is 0 Å². The van der Waals surface area contributed by atoms with Gasteiger partial charge in [-0.2, -0.15) is 0 Å². The van der Waals surface area contributed by atoms with Crippen molar-refractivity contribution in [2.24, 2.45) is 0 Å². The Morgan fingerprint density at radius 3 is 2.87 bits per heavy atom. The van der Waals surface area contributed by atoms with Gasteiger partial charge in [0.15, 0.2) is 0 Å². The molecular weight excluding hydrogens is 306 g/mol. The van der Waals surface area contributed by atoms with E-state index < -0.39 is 0 Å². The van der Waals surface area contributed by atoms with Gasteiger partial charge in [0.05, 0.1) is 10.2 Å². The molecule has 1 saturated heterocycles. The van der Waals surface area contributed by atoms with Gasteiger partial charge in [0.25, 0.3) is 0 Å². The Morgan fingerprint density at radius 2 is 2.04 bits per heavy atom. The van der Waals surface area contributed by atoms with E-state index in [9.17, 15) is 4.79 Å². The lowest BCUT2D eigenvalue weighted by Gasteiger charge is -2.21. The van der Waals surface area contributed by atoms with Crippen LogP contribution in [-0.4, -0.2) is 54.6 Å². The van der Waals surface area contributed by atoms with Crippen LogP contribution in [0.15, 0.2) is 23.0 Å². The summed E-state index contributed by atoms with van der Waals surface area (Å²) in [5, 5.41) is 0. The van der Waals surface area contributed by atoms with Crippen LogP contribution in [0.3, 0.4) is 0 Å². The third kappa shape index (κ3) is 4.90. The third-order valence-electron chi connectivity index (χ3n) is 4.74. The zero-order valence-electron chi connectivity index (χ0n) is 14.0. The van der Waals surface area contributed by atoms with Gasteiger partial charge in [0.1, 0.15) is 0 Å². The Balaban J connectivity index is 1.35. The van der Waals surface area contributed by atoms with E-state index in [1.54, 1.807) is 0 Å². The molecule has 1 aliphatic heterocycles. The maximum absolute atomic E-state index is 11.3. The van der Waals surface area contributed by atoms with E-state index in [0.717, 1.165) is 16.6 Å². The number of hydrogen-bond acceptors (Lipinski definition) is 4. The fourth-order valence-electron chi connectivity index (χ4n) is 3.29. The number of aromatic nitrogens is 1. The third-order valence-corrected chi connectivity index (χ3v) is 5.58. The minimum absolute atomic E-state index is 0.0387. The number of H-pyrrole nitrogens is 1. The molecule has 1 N–H and O–H groups in total. The number of aryl methyl sites for hydroxylation is 1. The number of rotatable bonds is 8. The van der Waals surface area contributed by atoms with Crippen molar-refractivity contribution in [3.63, 3.8) is 0 Å². The smallest absolute Gasteiger partial charge is 0.305 e. The van der Waals surface area contributed by atoms with E-state index in [1.807, 2.05) is 6.07 Å². The number of likely N-dealkylation sites (tertiary alicyclic amines) is 1. The molecule has 4 nitrogen and oxygen atoms in total. The molecule has 3 rings (SSSR count). The normalized spacial score (nSPS) is 15.9. The standard InChI is InChI=1S/C18H27N3OS/c1-20(12-13-21-10-4-5-11-21)9-3-2-6-15-7-8-16-17(14-15)23-18(22)19-16/h7-8,14H,2-6,9-13H2,1H3,(H,19,22). The van der Waals surface area contributed by atoms with E-state index in [4.69, 9.17) is 0 Å². The van der Waals surface area contributed by atoms with Gasteiger partial charge in [0.2, 0.25) is 0 Å². The van der Waals surface area contributed by atoms with Gasteiger partial charge in [-0.1, -0.05) is 17.4 Å². The monoisotopic (exact) mass is 333 g/mol. The van der Waals surface area contributed by atoms with E-state index in [0.29, 0.717) is 0 Å². The van der Waals surface area contributed by atoms with Crippen LogP contribution < -0.4 is 4.87 Å². The molecule has 0 bridgehead atoms. The Labute approximate surface area is 142 Å². The minimum Gasteiger partial charge on any atom is -0.312 e. The molecule has 126 valence electrons. The predicted molar refractivity (Wildman–Crippen MR) is 98.6 cm³/mol. The first kappa shape index (κ1) is 16.7. The average molecular weight is 334 g/mol. The summed E-state index contributed by atoms with van der Waals surface area (Å²) in [7, 11) is 2.24.